The molecule has 2 aromatic carbocycles. The predicted molar refractivity (Wildman–Crippen MR) is 111 cm³/mol. The Morgan fingerprint density at radius 1 is 0.929 bits per heavy atom. The molecule has 0 radical (unpaired) electrons. The third-order valence-corrected chi connectivity index (χ3v) is 4.71. The van der Waals surface area contributed by atoms with Crippen molar-refractivity contribution in [1.29, 1.82) is 0 Å². The standard InChI is InChI=1S/C21H25N3O3.ClH/c1-2-27-19-6-4-3-5-18(19)21(26)24-13-11-23(12-14-24)20(25)17-9-7-16(15-22)8-10-17;/h3-10H,2,11-15,22H2,1H3;1H. The highest BCUT2D eigenvalue weighted by Gasteiger charge is 2.26. The molecule has 2 aromatic rings. The smallest absolute Gasteiger partial charge is 0.257 e. The van der Waals surface area contributed by atoms with Crippen molar-refractivity contribution >= 4 is 24.2 Å². The van der Waals surface area contributed by atoms with Gasteiger partial charge >= 0.3 is 0 Å². The Labute approximate surface area is 171 Å². The average Bonchev–Trinajstić information content (AvgIpc) is 2.73. The minimum absolute atomic E-state index is 0. The van der Waals surface area contributed by atoms with Gasteiger partial charge in [-0.25, -0.2) is 0 Å². The number of halogens is 1. The summed E-state index contributed by atoms with van der Waals surface area (Å²) in [4.78, 5) is 29.1. The molecule has 7 heteroatoms. The monoisotopic (exact) mass is 403 g/mol. The van der Waals surface area contributed by atoms with Crippen LogP contribution >= 0.6 is 12.4 Å². The number of carbonyl (C=O) groups is 2. The number of nitrogens with zero attached hydrogens (tertiary/aromatic N) is 2. The van der Waals surface area contributed by atoms with Crippen molar-refractivity contribution in [2.75, 3.05) is 32.8 Å². The van der Waals surface area contributed by atoms with Crippen LogP contribution in [-0.2, 0) is 6.54 Å². The third kappa shape index (κ3) is 4.82. The van der Waals surface area contributed by atoms with Crippen LogP contribution in [0.4, 0.5) is 0 Å². The van der Waals surface area contributed by atoms with Gasteiger partial charge in [0.25, 0.3) is 11.8 Å². The molecule has 0 spiro atoms. The Bertz CT molecular complexity index is 803. The van der Waals surface area contributed by atoms with Gasteiger partial charge in [0.2, 0.25) is 0 Å². The Hall–Kier alpha value is -2.57. The van der Waals surface area contributed by atoms with Gasteiger partial charge in [0.05, 0.1) is 12.2 Å². The summed E-state index contributed by atoms with van der Waals surface area (Å²) in [6.07, 6.45) is 0. The number of nitrogens with two attached hydrogens (primary N) is 1. The van der Waals surface area contributed by atoms with Crippen molar-refractivity contribution in [3.05, 3.63) is 65.2 Å². The molecule has 0 saturated carbocycles. The minimum Gasteiger partial charge on any atom is -0.493 e. The summed E-state index contributed by atoms with van der Waals surface area (Å²) in [5.41, 5.74) is 7.81. The molecular weight excluding hydrogens is 378 g/mol. The molecule has 2 amide bonds. The van der Waals surface area contributed by atoms with Gasteiger partial charge in [0.1, 0.15) is 5.75 Å². The Balaban J connectivity index is 0.00000280. The fourth-order valence-electron chi connectivity index (χ4n) is 3.17. The highest BCUT2D eigenvalue weighted by molar-refractivity contribution is 5.97. The number of hydrogen-bond donors (Lipinski definition) is 1. The number of benzene rings is 2. The summed E-state index contributed by atoms with van der Waals surface area (Å²) in [7, 11) is 0. The van der Waals surface area contributed by atoms with E-state index >= 15 is 0 Å². The van der Waals surface area contributed by atoms with Crippen LogP contribution in [0.15, 0.2) is 48.5 Å². The lowest BCUT2D eigenvalue weighted by Crippen LogP contribution is -2.50. The average molecular weight is 404 g/mol. The number of piperazine rings is 1. The zero-order valence-electron chi connectivity index (χ0n) is 16.0. The fraction of sp³-hybridized carbons (Fsp3) is 0.333. The van der Waals surface area contributed by atoms with Gasteiger partial charge in [0, 0.05) is 38.3 Å². The number of rotatable bonds is 5. The van der Waals surface area contributed by atoms with Crippen molar-refractivity contribution in [2.24, 2.45) is 5.73 Å². The molecule has 1 aliphatic heterocycles. The van der Waals surface area contributed by atoms with E-state index in [-0.39, 0.29) is 24.2 Å². The lowest BCUT2D eigenvalue weighted by atomic mass is 10.1. The number of amides is 2. The number of hydrogen-bond acceptors (Lipinski definition) is 4. The van der Waals surface area contributed by atoms with E-state index in [4.69, 9.17) is 10.5 Å². The van der Waals surface area contributed by atoms with Crippen LogP contribution in [0, 0.1) is 0 Å². The highest BCUT2D eigenvalue weighted by Crippen LogP contribution is 2.21. The van der Waals surface area contributed by atoms with E-state index < -0.39 is 0 Å². The quantitative estimate of drug-likeness (QED) is 0.832. The molecule has 0 aromatic heterocycles. The zero-order chi connectivity index (χ0) is 19.2. The second-order valence-electron chi connectivity index (χ2n) is 6.41. The Morgan fingerprint density at radius 3 is 2.07 bits per heavy atom. The molecule has 1 aliphatic rings. The molecule has 2 N–H and O–H groups in total. The molecule has 1 fully saturated rings. The van der Waals surface area contributed by atoms with E-state index in [1.807, 2.05) is 37.3 Å². The molecule has 3 rings (SSSR count). The Morgan fingerprint density at radius 2 is 1.50 bits per heavy atom. The Kier molecular flexibility index (Phi) is 7.84. The zero-order valence-corrected chi connectivity index (χ0v) is 16.8. The topological polar surface area (TPSA) is 75.9 Å². The maximum atomic E-state index is 12.8. The van der Waals surface area contributed by atoms with Crippen LogP contribution in [0.2, 0.25) is 0 Å². The van der Waals surface area contributed by atoms with Gasteiger partial charge in [-0.3, -0.25) is 9.59 Å². The lowest BCUT2D eigenvalue weighted by Gasteiger charge is -2.35. The number of carbonyl (C=O) groups excluding carboxylic acids is 2. The van der Waals surface area contributed by atoms with Crippen LogP contribution in [0.25, 0.3) is 0 Å². The van der Waals surface area contributed by atoms with Gasteiger partial charge < -0.3 is 20.3 Å². The molecule has 0 bridgehead atoms. The molecule has 0 unspecified atom stereocenters. The van der Waals surface area contributed by atoms with Crippen LogP contribution < -0.4 is 10.5 Å². The van der Waals surface area contributed by atoms with E-state index in [0.717, 1.165) is 5.56 Å². The first kappa shape index (κ1) is 21.7. The van der Waals surface area contributed by atoms with Crippen molar-refractivity contribution in [3.8, 4) is 5.75 Å². The van der Waals surface area contributed by atoms with Crippen LogP contribution in [0.5, 0.6) is 5.75 Å². The molecule has 28 heavy (non-hydrogen) atoms. The maximum Gasteiger partial charge on any atom is 0.257 e. The SMILES string of the molecule is CCOc1ccccc1C(=O)N1CCN(C(=O)c2ccc(CN)cc2)CC1.Cl. The van der Waals surface area contributed by atoms with E-state index in [1.165, 1.54) is 0 Å². The number of para-hydroxylation sites is 1. The summed E-state index contributed by atoms with van der Waals surface area (Å²) in [5.74, 6) is 0.530. The normalized spacial score (nSPS) is 13.6. The summed E-state index contributed by atoms with van der Waals surface area (Å²) in [5, 5.41) is 0. The first-order chi connectivity index (χ1) is 13.1. The molecule has 0 atom stereocenters. The summed E-state index contributed by atoms with van der Waals surface area (Å²) >= 11 is 0. The van der Waals surface area contributed by atoms with E-state index in [1.54, 1.807) is 28.0 Å². The van der Waals surface area contributed by atoms with Gasteiger partial charge in [-0.05, 0) is 36.8 Å². The lowest BCUT2D eigenvalue weighted by molar-refractivity contribution is 0.0533. The highest BCUT2D eigenvalue weighted by atomic mass is 35.5. The molecular formula is C21H26ClN3O3. The van der Waals surface area contributed by atoms with Crippen LogP contribution in [0.1, 0.15) is 33.2 Å². The van der Waals surface area contributed by atoms with Gasteiger partial charge in [-0.1, -0.05) is 24.3 Å². The first-order valence-corrected chi connectivity index (χ1v) is 9.23. The van der Waals surface area contributed by atoms with Gasteiger partial charge in [-0.2, -0.15) is 0 Å². The maximum absolute atomic E-state index is 12.8. The van der Waals surface area contributed by atoms with Crippen LogP contribution in [-0.4, -0.2) is 54.4 Å². The predicted octanol–water partition coefficient (Wildman–Crippen LogP) is 2.56. The van der Waals surface area contributed by atoms with E-state index in [0.29, 0.717) is 56.2 Å². The second-order valence-corrected chi connectivity index (χ2v) is 6.41. The fourth-order valence-corrected chi connectivity index (χ4v) is 3.17. The van der Waals surface area contributed by atoms with Crippen molar-refractivity contribution in [3.63, 3.8) is 0 Å². The molecule has 6 nitrogen and oxygen atoms in total. The molecule has 150 valence electrons. The third-order valence-electron chi connectivity index (χ3n) is 4.71. The molecule has 1 saturated heterocycles. The van der Waals surface area contributed by atoms with E-state index in [9.17, 15) is 9.59 Å². The van der Waals surface area contributed by atoms with Crippen molar-refractivity contribution in [1.82, 2.24) is 9.80 Å². The van der Waals surface area contributed by atoms with Crippen molar-refractivity contribution in [2.45, 2.75) is 13.5 Å². The van der Waals surface area contributed by atoms with Gasteiger partial charge in [-0.15, -0.1) is 12.4 Å². The summed E-state index contributed by atoms with van der Waals surface area (Å²) in [6, 6.07) is 14.6. The second kappa shape index (κ2) is 10.1. The molecule has 0 aliphatic carbocycles. The first-order valence-electron chi connectivity index (χ1n) is 9.23. The molecule has 1 heterocycles. The number of ether oxygens (including phenoxy) is 1. The van der Waals surface area contributed by atoms with Crippen LogP contribution in [0.3, 0.4) is 0 Å². The summed E-state index contributed by atoms with van der Waals surface area (Å²) in [6.45, 7) is 4.90. The minimum atomic E-state index is -0.0570. The van der Waals surface area contributed by atoms with E-state index in [2.05, 4.69) is 0 Å². The van der Waals surface area contributed by atoms with Gasteiger partial charge in [0.15, 0.2) is 0 Å². The largest absolute Gasteiger partial charge is 0.493 e. The van der Waals surface area contributed by atoms with Crippen molar-refractivity contribution < 1.29 is 14.3 Å². The summed E-state index contributed by atoms with van der Waals surface area (Å²) < 4.78 is 5.56.